The Hall–Kier alpha value is -4.51. The van der Waals surface area contributed by atoms with Crippen LogP contribution >= 0.6 is 0 Å². The standard InChI is InChI=1S/C29H25FN4O5S/c30-20-12-10-19(11-13-20)17-33-24-9-5-4-8-22(24)23-16-25-28(36)32(29(37)34(25)18-26(23)33)15-14-27(35)31-40(38,39)21-6-2-1-3-7-21/h1-13,25H,14-18H2,(H,31,35). The van der Waals surface area contributed by atoms with Crippen molar-refractivity contribution in [2.45, 2.75) is 36.9 Å². The van der Waals surface area contributed by atoms with E-state index in [0.717, 1.165) is 32.6 Å². The lowest BCUT2D eigenvalue weighted by Gasteiger charge is -2.28. The Bertz CT molecular complexity index is 1750. The highest BCUT2D eigenvalue weighted by molar-refractivity contribution is 7.90. The topological polar surface area (TPSA) is 109 Å². The zero-order valence-corrected chi connectivity index (χ0v) is 22.1. The first kappa shape index (κ1) is 25.8. The van der Waals surface area contributed by atoms with Crippen LogP contribution in [0.15, 0.2) is 83.8 Å². The van der Waals surface area contributed by atoms with Gasteiger partial charge in [0.05, 0.1) is 11.4 Å². The van der Waals surface area contributed by atoms with Crippen LogP contribution in [0.1, 0.15) is 23.2 Å². The molecule has 4 aromatic rings. The van der Waals surface area contributed by atoms with E-state index in [1.54, 1.807) is 30.3 Å². The van der Waals surface area contributed by atoms with E-state index in [2.05, 4.69) is 4.57 Å². The van der Waals surface area contributed by atoms with Crippen LogP contribution in [0.2, 0.25) is 0 Å². The number of urea groups is 1. The van der Waals surface area contributed by atoms with E-state index in [-0.39, 0.29) is 30.2 Å². The molecule has 1 saturated heterocycles. The molecule has 40 heavy (non-hydrogen) atoms. The molecule has 1 atom stereocenters. The van der Waals surface area contributed by atoms with Crippen LogP contribution in [-0.4, -0.2) is 53.2 Å². The van der Waals surface area contributed by atoms with Gasteiger partial charge in [0.15, 0.2) is 0 Å². The number of nitrogens with zero attached hydrogens (tertiary/aromatic N) is 3. The van der Waals surface area contributed by atoms with Crippen LogP contribution in [0.5, 0.6) is 0 Å². The van der Waals surface area contributed by atoms with E-state index in [4.69, 9.17) is 0 Å². The molecule has 6 rings (SSSR count). The summed E-state index contributed by atoms with van der Waals surface area (Å²) < 4.78 is 42.5. The second-order valence-electron chi connectivity index (χ2n) is 9.87. The van der Waals surface area contributed by atoms with Gasteiger partial charge < -0.3 is 9.47 Å². The number of hydrogen-bond acceptors (Lipinski definition) is 5. The van der Waals surface area contributed by atoms with Gasteiger partial charge in [-0.15, -0.1) is 0 Å². The van der Waals surface area contributed by atoms with E-state index in [1.165, 1.54) is 29.2 Å². The third-order valence-electron chi connectivity index (χ3n) is 7.43. The molecule has 0 radical (unpaired) electrons. The van der Waals surface area contributed by atoms with E-state index >= 15 is 0 Å². The van der Waals surface area contributed by atoms with Gasteiger partial charge in [-0.05, 0) is 41.5 Å². The number of para-hydroxylation sites is 1. The minimum Gasteiger partial charge on any atom is -0.338 e. The molecular weight excluding hydrogens is 535 g/mol. The Morgan fingerprint density at radius 3 is 2.40 bits per heavy atom. The molecule has 1 N–H and O–H groups in total. The molecule has 11 heteroatoms. The number of carbonyl (C=O) groups excluding carboxylic acids is 3. The molecule has 204 valence electrons. The molecule has 0 saturated carbocycles. The summed E-state index contributed by atoms with van der Waals surface area (Å²) >= 11 is 0. The molecule has 2 aliphatic rings. The first-order valence-electron chi connectivity index (χ1n) is 12.8. The Balaban J connectivity index is 1.21. The van der Waals surface area contributed by atoms with Crippen molar-refractivity contribution in [1.82, 2.24) is 19.1 Å². The SMILES string of the molecule is O=C(CCN1C(=O)C2Cc3c(n(Cc4ccc(F)cc4)c4ccccc34)CN2C1=O)NS(=O)(=O)c1ccccc1. The number of benzene rings is 3. The van der Waals surface area contributed by atoms with E-state index in [0.29, 0.717) is 13.0 Å². The highest BCUT2D eigenvalue weighted by Gasteiger charge is 2.48. The maximum absolute atomic E-state index is 13.5. The molecule has 9 nitrogen and oxygen atoms in total. The average molecular weight is 561 g/mol. The minimum absolute atomic E-state index is 0.0557. The summed E-state index contributed by atoms with van der Waals surface area (Å²) in [5.41, 5.74) is 3.74. The van der Waals surface area contributed by atoms with Crippen LogP contribution in [0, 0.1) is 5.82 Å². The lowest BCUT2D eigenvalue weighted by atomic mass is 9.97. The van der Waals surface area contributed by atoms with Gasteiger partial charge in [-0.3, -0.25) is 14.5 Å². The molecular formula is C29H25FN4O5S. The summed E-state index contributed by atoms with van der Waals surface area (Å²) in [5, 5.41) is 0.989. The summed E-state index contributed by atoms with van der Waals surface area (Å²) in [7, 11) is -4.06. The fraction of sp³-hybridized carbons (Fsp3) is 0.207. The Morgan fingerprint density at radius 2 is 1.65 bits per heavy atom. The third-order valence-corrected chi connectivity index (χ3v) is 8.82. The van der Waals surface area contributed by atoms with Crippen molar-refractivity contribution in [1.29, 1.82) is 0 Å². The fourth-order valence-electron chi connectivity index (χ4n) is 5.49. The van der Waals surface area contributed by atoms with Crippen molar-refractivity contribution in [2.24, 2.45) is 0 Å². The van der Waals surface area contributed by atoms with E-state index < -0.39 is 33.9 Å². The molecule has 4 amide bonds. The highest BCUT2D eigenvalue weighted by Crippen LogP contribution is 2.37. The summed E-state index contributed by atoms with van der Waals surface area (Å²) in [4.78, 5) is 41.6. The van der Waals surface area contributed by atoms with Crippen molar-refractivity contribution < 1.29 is 27.2 Å². The van der Waals surface area contributed by atoms with Crippen LogP contribution < -0.4 is 4.72 Å². The van der Waals surface area contributed by atoms with Gasteiger partial charge >= 0.3 is 6.03 Å². The highest BCUT2D eigenvalue weighted by atomic mass is 32.2. The van der Waals surface area contributed by atoms with Crippen molar-refractivity contribution in [3.8, 4) is 0 Å². The molecule has 3 heterocycles. The summed E-state index contributed by atoms with van der Waals surface area (Å²) in [5.74, 6) is -1.54. The largest absolute Gasteiger partial charge is 0.338 e. The first-order chi connectivity index (χ1) is 19.2. The fourth-order valence-corrected chi connectivity index (χ4v) is 6.53. The Morgan fingerprint density at radius 1 is 0.950 bits per heavy atom. The predicted octanol–water partition coefficient (Wildman–Crippen LogP) is 3.41. The first-order valence-corrected chi connectivity index (χ1v) is 14.3. The predicted molar refractivity (Wildman–Crippen MR) is 144 cm³/mol. The van der Waals surface area contributed by atoms with Gasteiger partial charge in [0, 0.05) is 42.5 Å². The summed E-state index contributed by atoms with van der Waals surface area (Å²) in [6.45, 7) is 0.434. The number of sulfonamides is 1. The zero-order valence-electron chi connectivity index (χ0n) is 21.3. The molecule has 2 aliphatic heterocycles. The van der Waals surface area contributed by atoms with Crippen LogP contribution in [0.3, 0.4) is 0 Å². The molecule has 1 aromatic heterocycles. The Labute approximate surface area is 229 Å². The number of aromatic nitrogens is 1. The van der Waals surface area contributed by atoms with Gasteiger partial charge in [-0.25, -0.2) is 22.3 Å². The number of rotatable bonds is 7. The van der Waals surface area contributed by atoms with Gasteiger partial charge in [0.2, 0.25) is 5.91 Å². The van der Waals surface area contributed by atoms with Crippen molar-refractivity contribution in [2.75, 3.05) is 6.54 Å². The number of imide groups is 1. The molecule has 0 aliphatic carbocycles. The second-order valence-corrected chi connectivity index (χ2v) is 11.5. The number of hydrogen-bond donors (Lipinski definition) is 1. The second kappa shape index (κ2) is 9.91. The summed E-state index contributed by atoms with van der Waals surface area (Å²) in [6.07, 6.45) is -0.0291. The number of halogens is 1. The molecule has 0 bridgehead atoms. The van der Waals surface area contributed by atoms with Gasteiger partial charge in [-0.2, -0.15) is 0 Å². The third kappa shape index (κ3) is 4.51. The van der Waals surface area contributed by atoms with Crippen molar-refractivity contribution >= 4 is 38.8 Å². The number of nitrogens with one attached hydrogen (secondary N) is 1. The maximum atomic E-state index is 13.5. The van der Waals surface area contributed by atoms with Crippen LogP contribution in [-0.2, 0) is 39.1 Å². The lowest BCUT2D eigenvalue weighted by Crippen LogP contribution is -2.40. The smallest absolute Gasteiger partial charge is 0.327 e. The Kier molecular flexibility index (Phi) is 6.38. The zero-order chi connectivity index (χ0) is 28.0. The normalized spacial score (nSPS) is 16.8. The molecule has 1 unspecified atom stereocenters. The number of fused-ring (bicyclic) bond motifs is 4. The van der Waals surface area contributed by atoms with Crippen LogP contribution in [0.25, 0.3) is 10.9 Å². The van der Waals surface area contributed by atoms with E-state index in [1.807, 2.05) is 29.0 Å². The van der Waals surface area contributed by atoms with E-state index in [9.17, 15) is 27.2 Å². The summed E-state index contributed by atoms with van der Waals surface area (Å²) in [6, 6.07) is 20.3. The molecule has 3 aromatic carbocycles. The van der Waals surface area contributed by atoms with Crippen molar-refractivity contribution in [3.63, 3.8) is 0 Å². The monoisotopic (exact) mass is 560 g/mol. The van der Waals surface area contributed by atoms with Crippen LogP contribution in [0.4, 0.5) is 9.18 Å². The van der Waals surface area contributed by atoms with Crippen molar-refractivity contribution in [3.05, 3.63) is 102 Å². The molecule has 0 spiro atoms. The number of carbonyl (C=O) groups is 3. The number of amides is 4. The van der Waals surface area contributed by atoms with Gasteiger partial charge in [0.1, 0.15) is 11.9 Å². The quantitative estimate of drug-likeness (QED) is 0.349. The van der Waals surface area contributed by atoms with Gasteiger partial charge in [-0.1, -0.05) is 48.5 Å². The minimum atomic E-state index is -4.06. The molecule has 1 fully saturated rings. The maximum Gasteiger partial charge on any atom is 0.327 e. The lowest BCUT2D eigenvalue weighted by molar-refractivity contribution is -0.128. The average Bonchev–Trinajstić information content (AvgIpc) is 3.38. The van der Waals surface area contributed by atoms with Gasteiger partial charge in [0.25, 0.3) is 15.9 Å².